The molecule has 214 valence electrons. The number of carbonyl (C=O) groups is 1. The van der Waals surface area contributed by atoms with Gasteiger partial charge in [-0.2, -0.15) is 0 Å². The molecule has 1 aliphatic heterocycles. The van der Waals surface area contributed by atoms with Crippen molar-refractivity contribution in [3.05, 3.63) is 125 Å². The quantitative estimate of drug-likeness (QED) is 0.227. The number of para-hydroxylation sites is 3. The van der Waals surface area contributed by atoms with Gasteiger partial charge >= 0.3 is 0 Å². The third kappa shape index (κ3) is 5.70. The highest BCUT2D eigenvalue weighted by atomic mass is 16.5. The number of Topliss-reactive ketones (excluding diaryl/α,β-unsaturated/α-hetero) is 1. The molecule has 6 nitrogen and oxygen atoms in total. The molecule has 0 fully saturated rings. The SMILES string of the molecule is COc1cc(C2CC(=O)C3=C(C2)Nc2ccccc2NC3c2ccccc2OCc2ccccc2)ccc1OC(C)C. The van der Waals surface area contributed by atoms with Crippen molar-refractivity contribution in [1.82, 2.24) is 0 Å². The highest BCUT2D eigenvalue weighted by Crippen LogP contribution is 2.46. The van der Waals surface area contributed by atoms with Gasteiger partial charge in [-0.15, -0.1) is 0 Å². The van der Waals surface area contributed by atoms with Crippen LogP contribution < -0.4 is 24.8 Å². The average molecular weight is 561 g/mol. The van der Waals surface area contributed by atoms with Crippen molar-refractivity contribution in [3.63, 3.8) is 0 Å². The van der Waals surface area contributed by atoms with E-state index in [1.165, 1.54) is 0 Å². The number of benzene rings is 4. The first-order valence-corrected chi connectivity index (χ1v) is 14.5. The Kier molecular flexibility index (Phi) is 7.87. The molecule has 4 aromatic rings. The van der Waals surface area contributed by atoms with Crippen LogP contribution in [0.1, 0.15) is 55.3 Å². The number of ether oxygens (including phenoxy) is 3. The minimum absolute atomic E-state index is 0.00115. The Morgan fingerprint density at radius 3 is 2.33 bits per heavy atom. The minimum atomic E-state index is -0.368. The summed E-state index contributed by atoms with van der Waals surface area (Å²) in [6.45, 7) is 4.43. The highest BCUT2D eigenvalue weighted by molar-refractivity contribution is 6.01. The third-order valence-electron chi connectivity index (χ3n) is 7.80. The molecule has 0 amide bonds. The van der Waals surface area contributed by atoms with Gasteiger partial charge in [0.2, 0.25) is 0 Å². The minimum Gasteiger partial charge on any atom is -0.493 e. The van der Waals surface area contributed by atoms with Crippen molar-refractivity contribution in [3.8, 4) is 17.2 Å². The van der Waals surface area contributed by atoms with Gasteiger partial charge in [-0.1, -0.05) is 66.7 Å². The zero-order chi connectivity index (χ0) is 29.1. The molecule has 0 bridgehead atoms. The molecule has 1 aliphatic carbocycles. The molecule has 6 rings (SSSR count). The van der Waals surface area contributed by atoms with E-state index < -0.39 is 0 Å². The van der Waals surface area contributed by atoms with E-state index in [0.717, 1.165) is 45.1 Å². The fourth-order valence-electron chi connectivity index (χ4n) is 5.84. The Balaban J connectivity index is 1.37. The summed E-state index contributed by atoms with van der Waals surface area (Å²) in [5, 5.41) is 7.32. The van der Waals surface area contributed by atoms with Crippen molar-refractivity contribution >= 4 is 17.2 Å². The molecule has 4 aromatic carbocycles. The van der Waals surface area contributed by atoms with Gasteiger partial charge in [0.15, 0.2) is 17.3 Å². The van der Waals surface area contributed by atoms with Crippen LogP contribution in [0.3, 0.4) is 0 Å². The van der Waals surface area contributed by atoms with Crippen LogP contribution in [0.2, 0.25) is 0 Å². The summed E-state index contributed by atoms with van der Waals surface area (Å²) in [6.07, 6.45) is 1.12. The molecule has 1 heterocycles. The van der Waals surface area contributed by atoms with Gasteiger partial charge in [-0.05, 0) is 67.6 Å². The van der Waals surface area contributed by atoms with Crippen LogP contribution in [0.25, 0.3) is 0 Å². The highest BCUT2D eigenvalue weighted by Gasteiger charge is 2.37. The summed E-state index contributed by atoms with van der Waals surface area (Å²) in [6, 6.07) is 31.9. The molecular formula is C36H36N2O4. The number of anilines is 2. The summed E-state index contributed by atoms with van der Waals surface area (Å²) in [5.41, 5.74) is 6.65. The molecule has 2 atom stereocenters. The zero-order valence-corrected chi connectivity index (χ0v) is 24.2. The van der Waals surface area contributed by atoms with E-state index in [-0.39, 0.29) is 23.8 Å². The number of hydrogen-bond acceptors (Lipinski definition) is 6. The van der Waals surface area contributed by atoms with Crippen molar-refractivity contribution in [2.24, 2.45) is 0 Å². The van der Waals surface area contributed by atoms with Gasteiger partial charge in [0.1, 0.15) is 12.4 Å². The van der Waals surface area contributed by atoms with E-state index in [9.17, 15) is 4.79 Å². The lowest BCUT2D eigenvalue weighted by Crippen LogP contribution is -2.27. The predicted octanol–water partition coefficient (Wildman–Crippen LogP) is 8.04. The number of methoxy groups -OCH3 is 1. The lowest BCUT2D eigenvalue weighted by Gasteiger charge is -2.30. The fourth-order valence-corrected chi connectivity index (χ4v) is 5.84. The summed E-state index contributed by atoms with van der Waals surface area (Å²) in [7, 11) is 1.65. The maximum atomic E-state index is 14.1. The van der Waals surface area contributed by atoms with E-state index >= 15 is 0 Å². The van der Waals surface area contributed by atoms with E-state index in [4.69, 9.17) is 14.2 Å². The second-order valence-corrected chi connectivity index (χ2v) is 11.1. The van der Waals surface area contributed by atoms with Crippen molar-refractivity contribution in [1.29, 1.82) is 0 Å². The topological polar surface area (TPSA) is 68.8 Å². The summed E-state index contributed by atoms with van der Waals surface area (Å²) in [5.74, 6) is 2.25. The summed E-state index contributed by atoms with van der Waals surface area (Å²) in [4.78, 5) is 14.1. The molecule has 0 radical (unpaired) electrons. The zero-order valence-electron chi connectivity index (χ0n) is 24.2. The normalized spacial score (nSPS) is 17.9. The van der Waals surface area contributed by atoms with Crippen LogP contribution in [0, 0.1) is 0 Å². The number of allylic oxidation sites excluding steroid dienone is 1. The van der Waals surface area contributed by atoms with Gasteiger partial charge in [-0.25, -0.2) is 0 Å². The maximum Gasteiger partial charge on any atom is 0.163 e. The Bertz CT molecular complexity index is 1610. The first-order chi connectivity index (χ1) is 20.5. The first kappa shape index (κ1) is 27.5. The van der Waals surface area contributed by atoms with E-state index in [1.807, 2.05) is 92.7 Å². The summed E-state index contributed by atoms with van der Waals surface area (Å²) >= 11 is 0. The smallest absolute Gasteiger partial charge is 0.163 e. The monoisotopic (exact) mass is 560 g/mol. The van der Waals surface area contributed by atoms with Crippen LogP contribution >= 0.6 is 0 Å². The Morgan fingerprint density at radius 1 is 0.810 bits per heavy atom. The largest absolute Gasteiger partial charge is 0.493 e. The Morgan fingerprint density at radius 2 is 1.55 bits per heavy atom. The van der Waals surface area contributed by atoms with Crippen molar-refractivity contribution < 1.29 is 19.0 Å². The lowest BCUT2D eigenvalue weighted by atomic mass is 9.78. The van der Waals surface area contributed by atoms with Gasteiger partial charge in [0, 0.05) is 23.3 Å². The summed E-state index contributed by atoms with van der Waals surface area (Å²) < 4.78 is 17.9. The van der Waals surface area contributed by atoms with Gasteiger partial charge in [0.05, 0.1) is 30.6 Å². The molecule has 42 heavy (non-hydrogen) atoms. The van der Waals surface area contributed by atoms with Crippen LogP contribution in [-0.2, 0) is 11.4 Å². The van der Waals surface area contributed by atoms with Gasteiger partial charge in [0.25, 0.3) is 0 Å². The molecule has 0 aromatic heterocycles. The fraction of sp³-hybridized carbons (Fsp3) is 0.250. The standard InChI is InChI=1S/C36H36N2O4/c1-23(2)42-33-18-17-25(21-34(33)40-3)26-19-30-35(31(39)20-26)36(38-29-15-9-8-14-28(29)37-30)27-13-7-10-16-32(27)41-22-24-11-5-4-6-12-24/h4-18,21,23,26,36-38H,19-20,22H2,1-3H3. The van der Waals surface area contributed by atoms with E-state index in [1.54, 1.807) is 7.11 Å². The van der Waals surface area contributed by atoms with Crippen LogP contribution in [0.4, 0.5) is 11.4 Å². The molecule has 6 heteroatoms. The first-order valence-electron chi connectivity index (χ1n) is 14.5. The van der Waals surface area contributed by atoms with E-state index in [0.29, 0.717) is 30.9 Å². The lowest BCUT2D eigenvalue weighted by molar-refractivity contribution is -0.116. The average Bonchev–Trinajstić information content (AvgIpc) is 3.17. The molecule has 2 N–H and O–H groups in total. The molecule has 0 saturated heterocycles. The van der Waals surface area contributed by atoms with Crippen LogP contribution in [0.5, 0.6) is 17.2 Å². The number of rotatable bonds is 8. The van der Waals surface area contributed by atoms with Crippen LogP contribution in [0.15, 0.2) is 108 Å². The van der Waals surface area contributed by atoms with Crippen molar-refractivity contribution in [2.75, 3.05) is 17.7 Å². The number of fused-ring (bicyclic) bond motifs is 1. The molecule has 0 saturated carbocycles. The van der Waals surface area contributed by atoms with Crippen molar-refractivity contribution in [2.45, 2.75) is 51.4 Å². The predicted molar refractivity (Wildman–Crippen MR) is 166 cm³/mol. The number of nitrogens with one attached hydrogen (secondary N) is 2. The second-order valence-electron chi connectivity index (χ2n) is 11.1. The number of carbonyl (C=O) groups excluding carboxylic acids is 1. The number of hydrogen-bond donors (Lipinski definition) is 2. The van der Waals surface area contributed by atoms with Gasteiger partial charge in [-0.3, -0.25) is 4.79 Å². The maximum absolute atomic E-state index is 14.1. The van der Waals surface area contributed by atoms with E-state index in [2.05, 4.69) is 28.8 Å². The molecule has 2 unspecified atom stereocenters. The third-order valence-corrected chi connectivity index (χ3v) is 7.80. The van der Waals surface area contributed by atoms with Gasteiger partial charge < -0.3 is 24.8 Å². The second kappa shape index (κ2) is 12.0. The molecule has 2 aliphatic rings. The van der Waals surface area contributed by atoms with Crippen LogP contribution in [-0.4, -0.2) is 19.0 Å². The Labute approximate surface area is 247 Å². The Hall–Kier alpha value is -4.71. The molecule has 0 spiro atoms. The molecular weight excluding hydrogens is 524 g/mol. The number of ketones is 1.